The molecule has 0 spiro atoms. The third-order valence-electron chi connectivity index (χ3n) is 4.57. The summed E-state index contributed by atoms with van der Waals surface area (Å²) < 4.78 is 12.5. The van der Waals surface area contributed by atoms with Crippen LogP contribution in [0.15, 0.2) is 77.7 Å². The first-order valence-electron chi connectivity index (χ1n) is 9.08. The first kappa shape index (κ1) is 19.1. The van der Waals surface area contributed by atoms with Gasteiger partial charge < -0.3 is 9.47 Å². The van der Waals surface area contributed by atoms with Crippen LogP contribution in [0.25, 0.3) is 16.8 Å². The molecule has 8 nitrogen and oxygen atoms in total. The molecule has 2 aromatic carbocycles. The Morgan fingerprint density at radius 1 is 1.07 bits per heavy atom. The van der Waals surface area contributed by atoms with Crippen LogP contribution in [0.5, 0.6) is 11.5 Å². The zero-order chi connectivity index (χ0) is 21.1. The first-order valence-corrected chi connectivity index (χ1v) is 9.08. The number of fused-ring (bicyclic) bond motifs is 1. The van der Waals surface area contributed by atoms with Crippen LogP contribution in [0.4, 0.5) is 5.69 Å². The molecule has 2 heterocycles. The lowest BCUT2D eigenvalue weighted by Gasteiger charge is -2.12. The molecule has 0 unspecified atom stereocenters. The summed E-state index contributed by atoms with van der Waals surface area (Å²) in [5.74, 6) is 1.12. The molecule has 0 aliphatic heterocycles. The standard InChI is InChI=1S/C22H17N3O5/c1-29-18-8-5-15(6-9-18)19-13-17(25(27)28)7-10-20(19)30-14-16-12-22(26)24-11-3-2-4-21(24)23-16/h2-13H,14H2,1H3. The summed E-state index contributed by atoms with van der Waals surface area (Å²) >= 11 is 0. The van der Waals surface area contributed by atoms with E-state index >= 15 is 0 Å². The van der Waals surface area contributed by atoms with Crippen LogP contribution in [-0.4, -0.2) is 21.4 Å². The number of ether oxygens (including phenoxy) is 2. The lowest BCUT2D eigenvalue weighted by atomic mass is 10.0. The maximum Gasteiger partial charge on any atom is 0.270 e. The number of nitro benzene ring substituents is 1. The highest BCUT2D eigenvalue weighted by Crippen LogP contribution is 2.34. The molecule has 0 N–H and O–H groups in total. The first-order chi connectivity index (χ1) is 14.5. The molecular weight excluding hydrogens is 386 g/mol. The van der Waals surface area contributed by atoms with Crippen LogP contribution < -0.4 is 15.0 Å². The molecule has 0 bridgehead atoms. The van der Waals surface area contributed by atoms with E-state index in [0.717, 1.165) is 5.56 Å². The normalized spacial score (nSPS) is 10.7. The quantitative estimate of drug-likeness (QED) is 0.358. The van der Waals surface area contributed by atoms with Gasteiger partial charge in [-0.3, -0.25) is 19.3 Å². The summed E-state index contributed by atoms with van der Waals surface area (Å²) in [6.07, 6.45) is 1.65. The number of nitro groups is 1. The molecule has 30 heavy (non-hydrogen) atoms. The van der Waals surface area contributed by atoms with Crippen molar-refractivity contribution in [3.8, 4) is 22.6 Å². The molecular formula is C22H17N3O5. The van der Waals surface area contributed by atoms with Crippen molar-refractivity contribution in [2.45, 2.75) is 6.61 Å². The Bertz CT molecular complexity index is 1280. The topological polar surface area (TPSA) is 96.0 Å². The van der Waals surface area contributed by atoms with Gasteiger partial charge >= 0.3 is 0 Å². The molecule has 150 valence electrons. The van der Waals surface area contributed by atoms with Crippen molar-refractivity contribution in [1.82, 2.24) is 9.38 Å². The number of nitrogens with zero attached hydrogens (tertiary/aromatic N) is 3. The van der Waals surface area contributed by atoms with Gasteiger partial charge in [0.15, 0.2) is 0 Å². The Kier molecular flexibility index (Phi) is 5.13. The number of non-ortho nitro benzene ring substituents is 1. The van der Waals surface area contributed by atoms with E-state index in [1.54, 1.807) is 61.8 Å². The minimum absolute atomic E-state index is 0.0433. The molecule has 8 heteroatoms. The van der Waals surface area contributed by atoms with E-state index < -0.39 is 4.92 Å². The Balaban J connectivity index is 1.68. The molecule has 4 aromatic rings. The van der Waals surface area contributed by atoms with Crippen LogP contribution in [0.3, 0.4) is 0 Å². The van der Waals surface area contributed by atoms with Crippen molar-refractivity contribution in [2.24, 2.45) is 0 Å². The number of hydrogen-bond acceptors (Lipinski definition) is 6. The highest BCUT2D eigenvalue weighted by Gasteiger charge is 2.14. The average molecular weight is 403 g/mol. The maximum atomic E-state index is 12.3. The minimum atomic E-state index is -0.456. The third-order valence-corrected chi connectivity index (χ3v) is 4.57. The number of methoxy groups -OCH3 is 1. The van der Waals surface area contributed by atoms with Gasteiger partial charge in [0.2, 0.25) is 0 Å². The van der Waals surface area contributed by atoms with Crippen molar-refractivity contribution in [3.05, 3.63) is 99.1 Å². The third kappa shape index (κ3) is 3.83. The molecule has 0 atom stereocenters. The van der Waals surface area contributed by atoms with Gasteiger partial charge in [-0.1, -0.05) is 18.2 Å². The Morgan fingerprint density at radius 2 is 1.87 bits per heavy atom. The molecule has 2 aromatic heterocycles. The van der Waals surface area contributed by atoms with E-state index in [1.165, 1.54) is 22.6 Å². The molecule has 0 aliphatic carbocycles. The molecule has 0 aliphatic rings. The van der Waals surface area contributed by atoms with E-state index in [1.807, 2.05) is 0 Å². The van der Waals surface area contributed by atoms with Crippen molar-refractivity contribution < 1.29 is 14.4 Å². The van der Waals surface area contributed by atoms with Crippen LogP contribution in [0, 0.1) is 10.1 Å². The van der Waals surface area contributed by atoms with Gasteiger partial charge in [0.25, 0.3) is 11.2 Å². The van der Waals surface area contributed by atoms with Gasteiger partial charge in [-0.2, -0.15) is 0 Å². The summed E-state index contributed by atoms with van der Waals surface area (Å²) in [6, 6.07) is 18.2. The van der Waals surface area contributed by atoms with E-state index in [9.17, 15) is 14.9 Å². The lowest BCUT2D eigenvalue weighted by molar-refractivity contribution is -0.384. The average Bonchev–Trinajstić information content (AvgIpc) is 2.77. The second kappa shape index (κ2) is 8.04. The fourth-order valence-corrected chi connectivity index (χ4v) is 3.08. The van der Waals surface area contributed by atoms with Crippen LogP contribution in [0.2, 0.25) is 0 Å². The van der Waals surface area contributed by atoms with Crippen molar-refractivity contribution in [1.29, 1.82) is 0 Å². The lowest BCUT2D eigenvalue weighted by Crippen LogP contribution is -2.16. The summed E-state index contributed by atoms with van der Waals surface area (Å²) in [5, 5.41) is 11.2. The van der Waals surface area contributed by atoms with Crippen molar-refractivity contribution >= 4 is 11.3 Å². The van der Waals surface area contributed by atoms with Gasteiger partial charge in [-0.15, -0.1) is 0 Å². The largest absolute Gasteiger partial charge is 0.497 e. The van der Waals surface area contributed by atoms with E-state index in [2.05, 4.69) is 4.98 Å². The number of aromatic nitrogens is 2. The molecule has 0 saturated carbocycles. The molecule has 0 saturated heterocycles. The minimum Gasteiger partial charge on any atom is -0.497 e. The second-order valence-corrected chi connectivity index (χ2v) is 6.47. The number of benzene rings is 2. The summed E-state index contributed by atoms with van der Waals surface area (Å²) in [5.41, 5.74) is 2.02. The van der Waals surface area contributed by atoms with Crippen LogP contribution in [-0.2, 0) is 6.61 Å². The molecule has 0 amide bonds. The summed E-state index contributed by atoms with van der Waals surface area (Å²) in [7, 11) is 1.57. The Hall–Kier alpha value is -4.20. The number of rotatable bonds is 6. The molecule has 4 rings (SSSR count). The predicted molar refractivity (Wildman–Crippen MR) is 111 cm³/mol. The SMILES string of the molecule is COc1ccc(-c2cc([N+](=O)[O-])ccc2OCc2cc(=O)n3ccccc3n2)cc1. The van der Waals surface area contributed by atoms with E-state index in [0.29, 0.717) is 28.4 Å². The molecule has 0 fully saturated rings. The molecule has 0 radical (unpaired) electrons. The number of hydrogen-bond donors (Lipinski definition) is 0. The van der Waals surface area contributed by atoms with E-state index in [-0.39, 0.29) is 17.9 Å². The highest BCUT2D eigenvalue weighted by atomic mass is 16.6. The van der Waals surface area contributed by atoms with Gasteiger partial charge in [0.05, 0.1) is 17.7 Å². The smallest absolute Gasteiger partial charge is 0.270 e. The Labute approximate surface area is 171 Å². The van der Waals surface area contributed by atoms with Gasteiger partial charge in [0.1, 0.15) is 23.8 Å². The Morgan fingerprint density at radius 3 is 2.60 bits per heavy atom. The summed E-state index contributed by atoms with van der Waals surface area (Å²) in [4.78, 5) is 27.5. The zero-order valence-corrected chi connectivity index (χ0v) is 16.0. The van der Waals surface area contributed by atoms with Crippen molar-refractivity contribution in [2.75, 3.05) is 7.11 Å². The van der Waals surface area contributed by atoms with Gasteiger partial charge in [-0.05, 0) is 35.9 Å². The fourth-order valence-electron chi connectivity index (χ4n) is 3.08. The fraction of sp³-hybridized carbons (Fsp3) is 0.0909. The maximum absolute atomic E-state index is 12.3. The predicted octanol–water partition coefficient (Wildman–Crippen LogP) is 3.86. The van der Waals surface area contributed by atoms with Crippen LogP contribution >= 0.6 is 0 Å². The monoisotopic (exact) mass is 403 g/mol. The van der Waals surface area contributed by atoms with Gasteiger partial charge in [0, 0.05) is 30.0 Å². The second-order valence-electron chi connectivity index (χ2n) is 6.47. The van der Waals surface area contributed by atoms with Gasteiger partial charge in [-0.25, -0.2) is 4.98 Å². The number of pyridine rings is 1. The van der Waals surface area contributed by atoms with Crippen molar-refractivity contribution in [3.63, 3.8) is 0 Å². The van der Waals surface area contributed by atoms with E-state index in [4.69, 9.17) is 9.47 Å². The highest BCUT2D eigenvalue weighted by molar-refractivity contribution is 5.73. The zero-order valence-electron chi connectivity index (χ0n) is 16.0. The summed E-state index contributed by atoms with van der Waals surface area (Å²) in [6.45, 7) is 0.0433. The van der Waals surface area contributed by atoms with Crippen LogP contribution in [0.1, 0.15) is 5.69 Å².